The minimum Gasteiger partial charge on any atom is -0.261 e. The van der Waals surface area contributed by atoms with E-state index in [0.717, 1.165) is 5.70 Å². The summed E-state index contributed by atoms with van der Waals surface area (Å²) in [6, 6.07) is 0. The molecule has 0 fully saturated rings. The largest absolute Gasteiger partial charge is 0.261 e. The van der Waals surface area contributed by atoms with Crippen LogP contribution in [-0.2, 0) is 0 Å². The number of hydrogen-bond acceptors (Lipinski definition) is 1. The van der Waals surface area contributed by atoms with Crippen LogP contribution in [0.5, 0.6) is 0 Å². The van der Waals surface area contributed by atoms with Crippen molar-refractivity contribution in [2.75, 3.05) is 0 Å². The van der Waals surface area contributed by atoms with Crippen molar-refractivity contribution in [1.29, 1.82) is 0 Å². The Balaban J connectivity index is 4.66. The number of aliphatic imine (C=N–C) groups is 1. The molecule has 0 amide bonds. The number of rotatable bonds is 3. The van der Waals surface area contributed by atoms with Gasteiger partial charge in [-0.2, -0.15) is 0 Å². The molecule has 0 radical (unpaired) electrons. The van der Waals surface area contributed by atoms with Crippen LogP contribution in [0.2, 0.25) is 0 Å². The van der Waals surface area contributed by atoms with Crippen molar-refractivity contribution in [3.05, 3.63) is 35.6 Å². The zero-order valence-corrected chi connectivity index (χ0v) is 8.33. The third kappa shape index (κ3) is 3.91. The smallest absolute Gasteiger partial charge is 0.0651 e. The van der Waals surface area contributed by atoms with E-state index in [0.29, 0.717) is 0 Å². The Kier molecular flexibility index (Phi) is 5.98. The minimum atomic E-state index is 1.03. The van der Waals surface area contributed by atoms with E-state index in [2.05, 4.69) is 18.0 Å². The van der Waals surface area contributed by atoms with Crippen LogP contribution in [0.1, 0.15) is 27.7 Å². The minimum absolute atomic E-state index is 1.03. The van der Waals surface area contributed by atoms with Gasteiger partial charge in [-0.25, -0.2) is 0 Å². The second-order valence-corrected chi connectivity index (χ2v) is 2.44. The predicted octanol–water partition coefficient (Wildman–Crippen LogP) is 3.50. The average Bonchev–Trinajstić information content (AvgIpc) is 2.11. The molecule has 0 saturated carbocycles. The fraction of sp³-hybridized carbons (Fsp3) is 0.364. The van der Waals surface area contributed by atoms with E-state index in [-0.39, 0.29) is 0 Å². The highest BCUT2D eigenvalue weighted by Crippen LogP contribution is 2.09. The molecule has 1 heteroatoms. The highest BCUT2D eigenvalue weighted by atomic mass is 14.7. The number of allylic oxidation sites excluding steroid dienone is 5. The van der Waals surface area contributed by atoms with Gasteiger partial charge >= 0.3 is 0 Å². The summed E-state index contributed by atoms with van der Waals surface area (Å²) < 4.78 is 0. The van der Waals surface area contributed by atoms with Crippen molar-refractivity contribution in [2.45, 2.75) is 27.7 Å². The van der Waals surface area contributed by atoms with E-state index in [1.807, 2.05) is 45.2 Å². The molecule has 0 spiro atoms. The van der Waals surface area contributed by atoms with E-state index in [9.17, 15) is 0 Å². The zero-order valence-electron chi connectivity index (χ0n) is 8.33. The molecule has 0 atom stereocenters. The second kappa shape index (κ2) is 6.59. The van der Waals surface area contributed by atoms with Crippen LogP contribution in [0.3, 0.4) is 0 Å². The van der Waals surface area contributed by atoms with Crippen molar-refractivity contribution >= 4 is 6.21 Å². The zero-order chi connectivity index (χ0) is 9.40. The maximum absolute atomic E-state index is 4.25. The molecule has 0 N–H and O–H groups in total. The van der Waals surface area contributed by atoms with Crippen LogP contribution in [-0.4, -0.2) is 6.21 Å². The maximum Gasteiger partial charge on any atom is 0.0651 e. The first kappa shape index (κ1) is 10.9. The summed E-state index contributed by atoms with van der Waals surface area (Å²) in [5.74, 6) is 0. The Morgan fingerprint density at radius 3 is 2.25 bits per heavy atom. The van der Waals surface area contributed by atoms with Crippen molar-refractivity contribution in [3.63, 3.8) is 0 Å². The molecule has 0 bridgehead atoms. The van der Waals surface area contributed by atoms with E-state index < -0.39 is 0 Å². The number of hydrogen-bond donors (Lipinski definition) is 0. The lowest BCUT2D eigenvalue weighted by Gasteiger charge is -1.98. The van der Waals surface area contributed by atoms with E-state index in [1.54, 1.807) is 0 Å². The van der Waals surface area contributed by atoms with Gasteiger partial charge < -0.3 is 0 Å². The van der Waals surface area contributed by atoms with Crippen LogP contribution in [0, 0.1) is 0 Å². The topological polar surface area (TPSA) is 12.4 Å². The Bertz CT molecular complexity index is 229. The van der Waals surface area contributed by atoms with Crippen molar-refractivity contribution in [1.82, 2.24) is 0 Å². The standard InChI is InChI=1S/C11H17N/c1-5-8-9-11(12-7-3)10(4)6-2/h5-9H,1-4H3/b8-5-,10-6-,11-9+,12-7?. The van der Waals surface area contributed by atoms with Gasteiger partial charge in [0, 0.05) is 6.21 Å². The molecular weight excluding hydrogens is 146 g/mol. The molecular formula is C11H17N. The summed E-state index contributed by atoms with van der Waals surface area (Å²) in [5, 5.41) is 0. The molecule has 0 aliphatic carbocycles. The Hall–Kier alpha value is -1.11. The van der Waals surface area contributed by atoms with Gasteiger partial charge in [-0.1, -0.05) is 18.2 Å². The summed E-state index contributed by atoms with van der Waals surface area (Å²) in [6.07, 6.45) is 9.86. The fourth-order valence-corrected chi connectivity index (χ4v) is 0.751. The fourth-order valence-electron chi connectivity index (χ4n) is 0.751. The Labute approximate surface area is 75.2 Å². The normalized spacial score (nSPS) is 15.0. The molecule has 0 heterocycles. The monoisotopic (exact) mass is 163 g/mol. The first-order valence-electron chi connectivity index (χ1n) is 4.21. The van der Waals surface area contributed by atoms with Gasteiger partial charge in [0.1, 0.15) is 0 Å². The van der Waals surface area contributed by atoms with E-state index in [4.69, 9.17) is 0 Å². The van der Waals surface area contributed by atoms with Gasteiger partial charge in [0.2, 0.25) is 0 Å². The third-order valence-corrected chi connectivity index (χ3v) is 1.55. The first-order valence-corrected chi connectivity index (χ1v) is 4.21. The van der Waals surface area contributed by atoms with Gasteiger partial charge in [-0.3, -0.25) is 4.99 Å². The quantitative estimate of drug-likeness (QED) is 0.446. The summed E-state index contributed by atoms with van der Waals surface area (Å²) in [7, 11) is 0. The summed E-state index contributed by atoms with van der Waals surface area (Å²) >= 11 is 0. The van der Waals surface area contributed by atoms with E-state index >= 15 is 0 Å². The number of nitrogens with zero attached hydrogens (tertiary/aromatic N) is 1. The molecule has 0 aliphatic heterocycles. The van der Waals surface area contributed by atoms with Gasteiger partial charge in [-0.15, -0.1) is 0 Å². The van der Waals surface area contributed by atoms with Crippen LogP contribution in [0.25, 0.3) is 0 Å². The lowest BCUT2D eigenvalue weighted by atomic mass is 10.2. The predicted molar refractivity (Wildman–Crippen MR) is 56.5 cm³/mol. The SMILES string of the molecule is CC=NC(=C/C=C\C)/C(C)=C\C. The summed E-state index contributed by atoms with van der Waals surface area (Å²) in [5.41, 5.74) is 2.23. The molecule has 0 unspecified atom stereocenters. The molecule has 0 saturated heterocycles. The van der Waals surface area contributed by atoms with Gasteiger partial charge in [0.15, 0.2) is 0 Å². The summed E-state index contributed by atoms with van der Waals surface area (Å²) in [4.78, 5) is 4.25. The molecule has 66 valence electrons. The molecule has 0 rings (SSSR count). The Morgan fingerprint density at radius 2 is 1.83 bits per heavy atom. The van der Waals surface area contributed by atoms with Crippen LogP contribution in [0.4, 0.5) is 0 Å². The van der Waals surface area contributed by atoms with Crippen LogP contribution < -0.4 is 0 Å². The van der Waals surface area contributed by atoms with E-state index in [1.165, 1.54) is 5.57 Å². The molecule has 0 aromatic rings. The van der Waals surface area contributed by atoms with Crippen molar-refractivity contribution in [3.8, 4) is 0 Å². The second-order valence-electron chi connectivity index (χ2n) is 2.44. The molecule has 0 aliphatic rings. The Morgan fingerprint density at radius 1 is 1.17 bits per heavy atom. The van der Waals surface area contributed by atoms with Crippen LogP contribution >= 0.6 is 0 Å². The van der Waals surface area contributed by atoms with Gasteiger partial charge in [-0.05, 0) is 39.3 Å². The highest BCUT2D eigenvalue weighted by molar-refractivity contribution is 5.57. The van der Waals surface area contributed by atoms with Crippen molar-refractivity contribution < 1.29 is 0 Å². The average molecular weight is 163 g/mol. The lowest BCUT2D eigenvalue weighted by Crippen LogP contribution is -1.80. The lowest BCUT2D eigenvalue weighted by molar-refractivity contribution is 1.27. The molecule has 12 heavy (non-hydrogen) atoms. The van der Waals surface area contributed by atoms with Crippen LogP contribution in [0.15, 0.2) is 40.6 Å². The molecule has 0 aromatic heterocycles. The van der Waals surface area contributed by atoms with Gasteiger partial charge in [0.25, 0.3) is 0 Å². The van der Waals surface area contributed by atoms with Gasteiger partial charge in [0.05, 0.1) is 5.70 Å². The molecule has 1 nitrogen and oxygen atoms in total. The first-order chi connectivity index (χ1) is 5.76. The third-order valence-electron chi connectivity index (χ3n) is 1.55. The molecule has 0 aromatic carbocycles. The summed E-state index contributed by atoms with van der Waals surface area (Å²) in [6.45, 7) is 7.99. The highest BCUT2D eigenvalue weighted by Gasteiger charge is 1.92. The maximum atomic E-state index is 4.25. The van der Waals surface area contributed by atoms with Crippen molar-refractivity contribution in [2.24, 2.45) is 4.99 Å².